The van der Waals surface area contributed by atoms with Gasteiger partial charge < -0.3 is 4.74 Å². The van der Waals surface area contributed by atoms with Crippen molar-refractivity contribution in [1.82, 2.24) is 4.31 Å². The molecule has 30 heavy (non-hydrogen) atoms. The van der Waals surface area contributed by atoms with Crippen LogP contribution >= 0.6 is 0 Å². The Kier molecular flexibility index (Phi) is 4.62. The van der Waals surface area contributed by atoms with E-state index in [2.05, 4.69) is 11.8 Å². The van der Waals surface area contributed by atoms with E-state index in [1.165, 1.54) is 0 Å². The third kappa shape index (κ3) is 3.00. The van der Waals surface area contributed by atoms with Gasteiger partial charge in [-0.1, -0.05) is 54.3 Å². The van der Waals surface area contributed by atoms with Crippen LogP contribution in [0.4, 0.5) is 0 Å². The lowest BCUT2D eigenvalue weighted by Crippen LogP contribution is -2.29. The fraction of sp³-hybridized carbons (Fsp3) is 0.200. The van der Waals surface area contributed by atoms with Gasteiger partial charge in [0.25, 0.3) is 0 Å². The van der Waals surface area contributed by atoms with E-state index in [-0.39, 0.29) is 18.0 Å². The van der Waals surface area contributed by atoms with Gasteiger partial charge in [0, 0.05) is 11.5 Å². The molecule has 3 aromatic rings. The number of fused-ring (bicyclic) bond motifs is 5. The van der Waals surface area contributed by atoms with E-state index < -0.39 is 10.0 Å². The van der Waals surface area contributed by atoms with Crippen LogP contribution in [0.2, 0.25) is 0 Å². The average molecular weight is 416 g/mol. The number of hydrogen-bond acceptors (Lipinski definition) is 3. The van der Waals surface area contributed by atoms with Gasteiger partial charge in [0.2, 0.25) is 10.0 Å². The largest absolute Gasteiger partial charge is 0.497 e. The predicted octanol–water partition coefficient (Wildman–Crippen LogP) is 4.55. The third-order valence-electron chi connectivity index (χ3n) is 5.92. The SMILES string of the molecule is COc1ccc(C#CC2CC3c4ccccc4C2N3S(=O)(=O)c2ccccc2)cc1. The van der Waals surface area contributed by atoms with Crippen molar-refractivity contribution in [2.75, 3.05) is 7.11 Å². The molecule has 3 unspecified atom stereocenters. The molecule has 0 N–H and O–H groups in total. The second-order valence-electron chi connectivity index (χ2n) is 7.58. The smallest absolute Gasteiger partial charge is 0.244 e. The molecule has 1 saturated heterocycles. The van der Waals surface area contributed by atoms with Crippen molar-refractivity contribution in [1.29, 1.82) is 0 Å². The quantitative estimate of drug-likeness (QED) is 0.590. The van der Waals surface area contributed by atoms with E-state index in [1.807, 2.05) is 54.6 Å². The molecule has 3 aromatic carbocycles. The van der Waals surface area contributed by atoms with Crippen molar-refractivity contribution in [3.8, 4) is 17.6 Å². The number of ether oxygens (including phenoxy) is 1. The van der Waals surface area contributed by atoms with Crippen LogP contribution in [0.1, 0.15) is 35.2 Å². The standard InChI is InChI=1S/C25H21NO3S/c1-29-20-15-12-18(13-16-20)11-14-19-17-24-22-9-5-6-10-23(22)25(19)26(24)30(27,28)21-7-3-2-4-8-21/h2-10,12-13,15-16,19,24-25H,17H2,1H3. The zero-order chi connectivity index (χ0) is 20.7. The summed E-state index contributed by atoms with van der Waals surface area (Å²) in [6, 6.07) is 23.9. The maximum atomic E-state index is 13.5. The number of sulfonamides is 1. The number of hydrogen-bond donors (Lipinski definition) is 0. The molecule has 5 rings (SSSR count). The van der Waals surface area contributed by atoms with Crippen LogP contribution in [-0.2, 0) is 10.0 Å². The van der Waals surface area contributed by atoms with Gasteiger partial charge in [0.05, 0.1) is 24.1 Å². The van der Waals surface area contributed by atoms with Gasteiger partial charge in [0.15, 0.2) is 0 Å². The van der Waals surface area contributed by atoms with E-state index in [0.717, 1.165) is 22.4 Å². The van der Waals surface area contributed by atoms with Crippen LogP contribution < -0.4 is 4.74 Å². The molecule has 0 radical (unpaired) electrons. The van der Waals surface area contributed by atoms with Gasteiger partial charge in [-0.2, -0.15) is 4.31 Å². The highest BCUT2D eigenvalue weighted by atomic mass is 32.2. The van der Waals surface area contributed by atoms with E-state index in [1.54, 1.807) is 35.7 Å². The predicted molar refractivity (Wildman–Crippen MR) is 115 cm³/mol. The zero-order valence-corrected chi connectivity index (χ0v) is 17.3. The minimum absolute atomic E-state index is 0.0505. The number of methoxy groups -OCH3 is 1. The molecule has 2 aliphatic rings. The van der Waals surface area contributed by atoms with Crippen LogP contribution in [0.5, 0.6) is 5.75 Å². The highest BCUT2D eigenvalue weighted by molar-refractivity contribution is 7.89. The summed E-state index contributed by atoms with van der Waals surface area (Å²) in [4.78, 5) is 0.330. The molecular weight excluding hydrogens is 394 g/mol. The molecule has 0 saturated carbocycles. The van der Waals surface area contributed by atoms with Gasteiger partial charge >= 0.3 is 0 Å². The highest BCUT2D eigenvalue weighted by Crippen LogP contribution is 2.57. The summed E-state index contributed by atoms with van der Waals surface area (Å²) in [7, 11) is -1.98. The summed E-state index contributed by atoms with van der Waals surface area (Å²) in [5.74, 6) is 7.34. The lowest BCUT2D eigenvalue weighted by Gasteiger charge is -2.23. The Labute approximate surface area is 177 Å². The third-order valence-corrected chi connectivity index (χ3v) is 7.83. The summed E-state index contributed by atoms with van der Waals surface area (Å²) in [5, 5.41) is 0. The fourth-order valence-corrected chi connectivity index (χ4v) is 6.40. The Balaban J connectivity index is 1.53. The van der Waals surface area contributed by atoms with Crippen LogP contribution in [0.25, 0.3) is 0 Å². The molecule has 1 fully saturated rings. The highest BCUT2D eigenvalue weighted by Gasteiger charge is 2.54. The number of nitrogens with zero attached hydrogens (tertiary/aromatic N) is 1. The van der Waals surface area contributed by atoms with Crippen molar-refractivity contribution >= 4 is 10.0 Å². The van der Waals surface area contributed by atoms with Gasteiger partial charge in [0.1, 0.15) is 5.75 Å². The molecule has 0 aliphatic carbocycles. The van der Waals surface area contributed by atoms with Crippen molar-refractivity contribution in [3.05, 3.63) is 95.6 Å². The van der Waals surface area contributed by atoms with Crippen molar-refractivity contribution in [3.63, 3.8) is 0 Å². The van der Waals surface area contributed by atoms with Gasteiger partial charge in [-0.05, 0) is 53.9 Å². The lowest BCUT2D eigenvalue weighted by molar-refractivity contribution is 0.356. The first-order chi connectivity index (χ1) is 14.6. The summed E-state index contributed by atoms with van der Waals surface area (Å²) in [6.07, 6.45) is 0.705. The maximum Gasteiger partial charge on any atom is 0.244 e. The maximum absolute atomic E-state index is 13.5. The summed E-state index contributed by atoms with van der Waals surface area (Å²) in [6.45, 7) is 0. The van der Waals surface area contributed by atoms with Crippen molar-refractivity contribution in [2.24, 2.45) is 5.92 Å². The number of rotatable bonds is 3. The van der Waals surface area contributed by atoms with Gasteiger partial charge in [-0.25, -0.2) is 8.42 Å². The first kappa shape index (κ1) is 18.9. The molecule has 0 amide bonds. The number of benzene rings is 3. The van der Waals surface area contributed by atoms with Crippen molar-refractivity contribution in [2.45, 2.75) is 23.4 Å². The fourth-order valence-electron chi connectivity index (χ4n) is 4.57. The molecule has 5 heteroatoms. The molecule has 3 atom stereocenters. The molecule has 2 bridgehead atoms. The van der Waals surface area contributed by atoms with Crippen LogP contribution in [-0.4, -0.2) is 19.8 Å². The minimum Gasteiger partial charge on any atom is -0.497 e. The molecular formula is C25H21NO3S. The van der Waals surface area contributed by atoms with Crippen molar-refractivity contribution < 1.29 is 13.2 Å². The average Bonchev–Trinajstić information content (AvgIpc) is 3.34. The molecule has 0 spiro atoms. The molecule has 2 heterocycles. The topological polar surface area (TPSA) is 46.6 Å². The van der Waals surface area contributed by atoms with E-state index >= 15 is 0 Å². The first-order valence-corrected chi connectivity index (χ1v) is 11.4. The normalized spacial score (nSPS) is 22.2. The zero-order valence-electron chi connectivity index (χ0n) is 16.5. The molecule has 0 aromatic heterocycles. The minimum atomic E-state index is -3.62. The molecule has 2 aliphatic heterocycles. The van der Waals surface area contributed by atoms with Gasteiger partial charge in [-0.3, -0.25) is 0 Å². The molecule has 150 valence electrons. The second-order valence-corrected chi connectivity index (χ2v) is 9.42. The first-order valence-electron chi connectivity index (χ1n) is 9.92. The lowest BCUT2D eigenvalue weighted by atomic mass is 9.84. The summed E-state index contributed by atoms with van der Waals surface area (Å²) < 4.78 is 33.9. The Morgan fingerprint density at radius 3 is 2.27 bits per heavy atom. The Morgan fingerprint density at radius 2 is 1.57 bits per heavy atom. The van der Waals surface area contributed by atoms with Crippen LogP contribution in [0, 0.1) is 17.8 Å². The van der Waals surface area contributed by atoms with Crippen LogP contribution in [0.15, 0.2) is 83.8 Å². The van der Waals surface area contributed by atoms with Crippen LogP contribution in [0.3, 0.4) is 0 Å². The van der Waals surface area contributed by atoms with E-state index in [0.29, 0.717) is 11.3 Å². The monoisotopic (exact) mass is 415 g/mol. The Bertz CT molecular complexity index is 1240. The van der Waals surface area contributed by atoms with E-state index in [9.17, 15) is 8.42 Å². The molecule has 4 nitrogen and oxygen atoms in total. The van der Waals surface area contributed by atoms with Gasteiger partial charge in [-0.15, -0.1) is 0 Å². The summed E-state index contributed by atoms with van der Waals surface area (Å²) in [5.41, 5.74) is 3.07. The summed E-state index contributed by atoms with van der Waals surface area (Å²) >= 11 is 0. The van der Waals surface area contributed by atoms with E-state index in [4.69, 9.17) is 4.74 Å². The second kappa shape index (κ2) is 7.32. The Morgan fingerprint density at radius 1 is 0.900 bits per heavy atom. The Hall–Kier alpha value is -3.07.